The van der Waals surface area contributed by atoms with Crippen molar-refractivity contribution in [1.29, 1.82) is 0 Å². The fourth-order valence-electron chi connectivity index (χ4n) is 1.67. The Balaban J connectivity index is 6.37. The summed E-state index contributed by atoms with van der Waals surface area (Å²) < 4.78 is 195. The van der Waals surface area contributed by atoms with Crippen molar-refractivity contribution in [2.24, 2.45) is 0 Å². The summed E-state index contributed by atoms with van der Waals surface area (Å²) in [5, 5.41) is 0. The molecule has 33 heavy (non-hydrogen) atoms. The number of ether oxygens (including phenoxy) is 2. The molecule has 18 heteroatoms. The molecule has 0 radical (unpaired) electrons. The lowest BCUT2D eigenvalue weighted by atomic mass is 9.89. The van der Waals surface area contributed by atoms with Crippen LogP contribution in [0.5, 0.6) is 0 Å². The van der Waals surface area contributed by atoms with Crippen molar-refractivity contribution < 1.29 is 80.5 Å². The number of rotatable bonds is 12. The van der Waals surface area contributed by atoms with E-state index in [-0.39, 0.29) is 12.2 Å². The van der Waals surface area contributed by atoms with Crippen LogP contribution < -0.4 is 0 Å². The van der Waals surface area contributed by atoms with Gasteiger partial charge in [-0.2, -0.15) is 61.5 Å². The van der Waals surface area contributed by atoms with Crippen molar-refractivity contribution in [1.82, 2.24) is 0 Å². The maximum Gasteiger partial charge on any atom is 0.384 e. The van der Waals surface area contributed by atoms with Gasteiger partial charge in [-0.15, -0.1) is 0 Å². The van der Waals surface area contributed by atoms with Crippen LogP contribution in [0.25, 0.3) is 0 Å². The van der Waals surface area contributed by atoms with Gasteiger partial charge in [0, 0.05) is 12.2 Å². The lowest BCUT2D eigenvalue weighted by molar-refractivity contribution is -0.443. The Morgan fingerprint density at radius 2 is 0.727 bits per heavy atom. The Morgan fingerprint density at radius 1 is 0.515 bits per heavy atom. The molecule has 0 saturated carbocycles. The largest absolute Gasteiger partial charge is 0.456 e. The van der Waals surface area contributed by atoms with Gasteiger partial charge in [0.1, 0.15) is 0 Å². The molecule has 0 fully saturated rings. The summed E-state index contributed by atoms with van der Waals surface area (Å²) in [6, 6.07) is 0. The quantitative estimate of drug-likeness (QED) is 0.209. The first kappa shape index (κ1) is 30.4. The minimum Gasteiger partial charge on any atom is -0.456 e. The van der Waals surface area contributed by atoms with Crippen LogP contribution in [-0.2, 0) is 19.1 Å². The van der Waals surface area contributed by atoms with E-state index in [2.05, 4.69) is 22.6 Å². The number of carbonyl (C=O) groups excluding carboxylic acids is 2. The molecule has 0 unspecified atom stereocenters. The van der Waals surface area contributed by atoms with Gasteiger partial charge < -0.3 is 9.47 Å². The Bertz CT molecular complexity index is 713. The van der Waals surface area contributed by atoms with Crippen molar-refractivity contribution in [3.8, 4) is 0 Å². The molecule has 0 heterocycles. The summed E-state index contributed by atoms with van der Waals surface area (Å²) in [5.74, 6) is -57.2. The van der Waals surface area contributed by atoms with Crippen LogP contribution >= 0.6 is 0 Å². The summed E-state index contributed by atoms with van der Waals surface area (Å²) in [4.78, 5) is 21.1. The predicted octanol–water partition coefficient (Wildman–Crippen LogP) is 4.89. The van der Waals surface area contributed by atoms with E-state index in [1.807, 2.05) is 0 Å². The van der Waals surface area contributed by atoms with Gasteiger partial charge in [-0.25, -0.2) is 9.59 Å². The highest BCUT2D eigenvalue weighted by Crippen LogP contribution is 2.62. The predicted molar refractivity (Wildman–Crippen MR) is 76.9 cm³/mol. The second-order valence-corrected chi connectivity index (χ2v) is 5.90. The second kappa shape index (κ2) is 9.00. The fourth-order valence-corrected chi connectivity index (χ4v) is 1.67. The van der Waals surface area contributed by atoms with E-state index in [4.69, 9.17) is 0 Å². The first-order chi connectivity index (χ1) is 14.4. The molecule has 0 aliphatic heterocycles. The Hall–Kier alpha value is -2.56. The van der Waals surface area contributed by atoms with Crippen LogP contribution in [0, 0.1) is 0 Å². The second-order valence-electron chi connectivity index (χ2n) is 5.90. The van der Waals surface area contributed by atoms with Crippen LogP contribution in [-0.4, -0.2) is 66.6 Å². The molecule has 0 amide bonds. The van der Waals surface area contributed by atoms with Crippen molar-refractivity contribution in [2.75, 3.05) is 13.2 Å². The standard InChI is InChI=1S/C15H10F14O4/c1-3-7(30)32-5-9(16,17)11(20,21)13(24,25)15(28,29)14(26,27)12(22,23)10(18,19)6-33-8(31)4-2/h3-4H,1-2,5-6H2. The maximum absolute atomic E-state index is 13.6. The summed E-state index contributed by atoms with van der Waals surface area (Å²) >= 11 is 0. The van der Waals surface area contributed by atoms with Gasteiger partial charge in [0.05, 0.1) is 0 Å². The molecule has 192 valence electrons. The van der Waals surface area contributed by atoms with E-state index in [9.17, 15) is 71.1 Å². The van der Waals surface area contributed by atoms with Crippen molar-refractivity contribution in [2.45, 2.75) is 41.5 Å². The molecule has 4 nitrogen and oxygen atoms in total. The zero-order valence-corrected chi connectivity index (χ0v) is 15.4. The summed E-state index contributed by atoms with van der Waals surface area (Å²) in [7, 11) is 0. The van der Waals surface area contributed by atoms with E-state index in [0.717, 1.165) is 0 Å². The normalized spacial score (nSPS) is 14.5. The van der Waals surface area contributed by atoms with E-state index in [1.54, 1.807) is 0 Å². The Labute approximate surface area is 173 Å². The highest BCUT2D eigenvalue weighted by Gasteiger charge is 2.92. The molecule has 0 saturated heterocycles. The average molecular weight is 520 g/mol. The molecule has 0 atom stereocenters. The third kappa shape index (κ3) is 4.87. The molecule has 0 aliphatic rings. The monoisotopic (exact) mass is 520 g/mol. The first-order valence-corrected chi connectivity index (χ1v) is 7.64. The zero-order valence-electron chi connectivity index (χ0n) is 15.4. The molecular weight excluding hydrogens is 510 g/mol. The molecule has 0 aromatic rings. The summed E-state index contributed by atoms with van der Waals surface area (Å²) in [6.07, 6.45) is -0.00608. The van der Waals surface area contributed by atoms with Gasteiger partial charge >= 0.3 is 53.4 Å². The topological polar surface area (TPSA) is 52.6 Å². The van der Waals surface area contributed by atoms with Gasteiger partial charge in [0.25, 0.3) is 0 Å². The van der Waals surface area contributed by atoms with Crippen LogP contribution in [0.1, 0.15) is 0 Å². The zero-order chi connectivity index (χ0) is 26.9. The molecule has 0 spiro atoms. The molecule has 0 aromatic carbocycles. The number of esters is 2. The van der Waals surface area contributed by atoms with Gasteiger partial charge in [0.2, 0.25) is 0 Å². The SMILES string of the molecule is C=CC(=O)OCC(F)(F)C(F)(F)C(F)(F)C(F)(F)C(F)(F)C(F)(F)C(F)(F)COC(=O)C=C. The third-order valence-corrected chi connectivity index (χ3v) is 3.62. The minimum atomic E-state index is -8.30. The van der Waals surface area contributed by atoms with Crippen LogP contribution in [0.2, 0.25) is 0 Å². The molecule has 0 aromatic heterocycles. The number of hydrogen-bond acceptors (Lipinski definition) is 4. The highest BCUT2D eigenvalue weighted by atomic mass is 19.4. The van der Waals surface area contributed by atoms with Gasteiger partial charge in [-0.05, 0) is 0 Å². The van der Waals surface area contributed by atoms with Crippen molar-refractivity contribution >= 4 is 11.9 Å². The van der Waals surface area contributed by atoms with Crippen LogP contribution in [0.15, 0.2) is 25.3 Å². The van der Waals surface area contributed by atoms with E-state index in [0.29, 0.717) is 0 Å². The number of alkyl halides is 14. The number of halogens is 14. The first-order valence-electron chi connectivity index (χ1n) is 7.64. The Kier molecular flexibility index (Phi) is 8.30. The van der Waals surface area contributed by atoms with Crippen molar-refractivity contribution in [3.05, 3.63) is 25.3 Å². The lowest BCUT2D eigenvalue weighted by Crippen LogP contribution is -2.73. The molecule has 0 aliphatic carbocycles. The van der Waals surface area contributed by atoms with Gasteiger partial charge in [-0.1, -0.05) is 13.2 Å². The van der Waals surface area contributed by atoms with Gasteiger partial charge in [0.15, 0.2) is 13.2 Å². The van der Waals surface area contributed by atoms with Gasteiger partial charge in [-0.3, -0.25) is 0 Å². The molecule has 0 N–H and O–H groups in total. The minimum absolute atomic E-state index is 0.00304. The molecule has 0 bridgehead atoms. The number of carbonyl (C=O) groups is 2. The van der Waals surface area contributed by atoms with Crippen LogP contribution in [0.4, 0.5) is 61.5 Å². The van der Waals surface area contributed by atoms with E-state index in [1.165, 1.54) is 0 Å². The van der Waals surface area contributed by atoms with Crippen molar-refractivity contribution in [3.63, 3.8) is 0 Å². The lowest BCUT2D eigenvalue weighted by Gasteiger charge is -2.42. The van der Waals surface area contributed by atoms with E-state index >= 15 is 0 Å². The third-order valence-electron chi connectivity index (χ3n) is 3.62. The maximum atomic E-state index is 13.6. The summed E-state index contributed by atoms with van der Waals surface area (Å²) in [5.41, 5.74) is 0. The smallest absolute Gasteiger partial charge is 0.384 e. The van der Waals surface area contributed by atoms with Crippen LogP contribution in [0.3, 0.4) is 0 Å². The fraction of sp³-hybridized carbons (Fsp3) is 0.600. The molecular formula is C15H10F14O4. The molecule has 0 rings (SSSR count). The Morgan fingerprint density at radius 3 is 0.939 bits per heavy atom. The average Bonchev–Trinajstić information content (AvgIpc) is 2.69. The summed E-state index contributed by atoms with van der Waals surface area (Å²) in [6.45, 7) is -1.20. The van der Waals surface area contributed by atoms with E-state index < -0.39 is 66.6 Å². The highest BCUT2D eigenvalue weighted by molar-refractivity contribution is 5.81. The number of hydrogen-bond donors (Lipinski definition) is 0.